The van der Waals surface area contributed by atoms with Crippen LogP contribution in [0.25, 0.3) is 0 Å². The van der Waals surface area contributed by atoms with Gasteiger partial charge >= 0.3 is 5.97 Å². The molecule has 1 aliphatic heterocycles. The monoisotopic (exact) mass is 238 g/mol. The van der Waals surface area contributed by atoms with E-state index in [4.69, 9.17) is 9.63 Å². The number of aliphatic carboxylic acids is 1. The molecule has 1 aromatic heterocycles. The van der Waals surface area contributed by atoms with Crippen LogP contribution in [-0.4, -0.2) is 34.2 Å². The molecule has 2 rings (SSSR count). The van der Waals surface area contributed by atoms with Crippen molar-refractivity contribution in [1.29, 1.82) is 0 Å². The summed E-state index contributed by atoms with van der Waals surface area (Å²) < 4.78 is 5.34. The summed E-state index contributed by atoms with van der Waals surface area (Å²) in [5, 5.41) is 12.9. The number of rotatable bonds is 4. The molecule has 0 aromatic carbocycles. The molecule has 94 valence electrons. The number of carboxylic acid groups (broad SMARTS) is 1. The Labute approximate surface area is 100 Å². The summed E-state index contributed by atoms with van der Waals surface area (Å²) in [5.41, 5.74) is 0.933. The van der Waals surface area contributed by atoms with E-state index < -0.39 is 5.97 Å². The van der Waals surface area contributed by atoms with Gasteiger partial charge in [-0.05, 0) is 25.3 Å². The minimum Gasteiger partial charge on any atom is -0.480 e. The highest BCUT2D eigenvalue weighted by Gasteiger charge is 2.30. The van der Waals surface area contributed by atoms with E-state index in [-0.39, 0.29) is 12.6 Å². The normalized spacial score (nSPS) is 21.2. The molecule has 5 nitrogen and oxygen atoms in total. The maximum absolute atomic E-state index is 10.8. The molecule has 17 heavy (non-hydrogen) atoms. The maximum Gasteiger partial charge on any atom is 0.317 e. The molecule has 1 atom stereocenters. The van der Waals surface area contributed by atoms with Gasteiger partial charge in [0.15, 0.2) is 5.76 Å². The Morgan fingerprint density at radius 2 is 2.47 bits per heavy atom. The number of hydrogen-bond acceptors (Lipinski definition) is 4. The highest BCUT2D eigenvalue weighted by atomic mass is 16.5. The van der Waals surface area contributed by atoms with Gasteiger partial charge in [0, 0.05) is 6.07 Å². The molecule has 0 bridgehead atoms. The lowest BCUT2D eigenvalue weighted by Crippen LogP contribution is -2.29. The van der Waals surface area contributed by atoms with Crippen LogP contribution in [0.2, 0.25) is 0 Å². The first-order chi connectivity index (χ1) is 8.08. The molecule has 0 saturated carbocycles. The third-order valence-corrected chi connectivity index (χ3v) is 3.17. The van der Waals surface area contributed by atoms with Gasteiger partial charge in [0.05, 0.1) is 18.3 Å². The molecular formula is C12H18N2O3. The lowest BCUT2D eigenvalue weighted by molar-refractivity contribution is -0.138. The van der Waals surface area contributed by atoms with Gasteiger partial charge < -0.3 is 9.63 Å². The van der Waals surface area contributed by atoms with E-state index in [2.05, 4.69) is 19.0 Å². The van der Waals surface area contributed by atoms with Crippen LogP contribution in [-0.2, 0) is 4.79 Å². The minimum atomic E-state index is -0.791. The Hall–Kier alpha value is -1.36. The lowest BCUT2D eigenvalue weighted by Gasteiger charge is -2.19. The van der Waals surface area contributed by atoms with Crippen molar-refractivity contribution in [3.8, 4) is 0 Å². The van der Waals surface area contributed by atoms with Gasteiger partial charge in [-0.1, -0.05) is 19.0 Å². The zero-order chi connectivity index (χ0) is 12.4. The van der Waals surface area contributed by atoms with Crippen LogP contribution < -0.4 is 0 Å². The Bertz CT molecular complexity index is 400. The average molecular weight is 238 g/mol. The van der Waals surface area contributed by atoms with Crippen molar-refractivity contribution in [3.05, 3.63) is 17.5 Å². The summed E-state index contributed by atoms with van der Waals surface area (Å²) in [4.78, 5) is 12.7. The van der Waals surface area contributed by atoms with Crippen molar-refractivity contribution >= 4 is 5.97 Å². The third-order valence-electron chi connectivity index (χ3n) is 3.17. The fourth-order valence-electron chi connectivity index (χ4n) is 2.24. The van der Waals surface area contributed by atoms with Gasteiger partial charge in [0.2, 0.25) is 0 Å². The summed E-state index contributed by atoms with van der Waals surface area (Å²) in [6.07, 6.45) is 1.95. The molecule has 0 amide bonds. The second kappa shape index (κ2) is 4.87. The first-order valence-corrected chi connectivity index (χ1v) is 6.00. The second-order valence-electron chi connectivity index (χ2n) is 4.83. The van der Waals surface area contributed by atoms with Gasteiger partial charge in [0.25, 0.3) is 0 Å². The lowest BCUT2D eigenvalue weighted by atomic mass is 10.1. The summed E-state index contributed by atoms with van der Waals surface area (Å²) in [6.45, 7) is 5.01. The fourth-order valence-corrected chi connectivity index (χ4v) is 2.24. The van der Waals surface area contributed by atoms with E-state index in [0.717, 1.165) is 30.8 Å². The Morgan fingerprint density at radius 3 is 3.06 bits per heavy atom. The van der Waals surface area contributed by atoms with Crippen molar-refractivity contribution in [2.24, 2.45) is 0 Å². The average Bonchev–Trinajstić information content (AvgIpc) is 2.83. The molecule has 1 aliphatic rings. The van der Waals surface area contributed by atoms with Crippen molar-refractivity contribution in [1.82, 2.24) is 10.1 Å². The Balaban J connectivity index is 2.11. The smallest absolute Gasteiger partial charge is 0.317 e. The molecule has 0 spiro atoms. The van der Waals surface area contributed by atoms with Crippen LogP contribution in [0.4, 0.5) is 0 Å². The standard InChI is InChI=1S/C12H18N2O3/c1-8(2)9-6-11(17-13-9)10-4-3-5-14(10)7-12(15)16/h6,8,10H,3-5,7H2,1-2H3,(H,15,16)/t10-/m0/s1. The molecule has 0 aliphatic carbocycles. The van der Waals surface area contributed by atoms with E-state index in [1.807, 2.05) is 11.0 Å². The quantitative estimate of drug-likeness (QED) is 0.869. The van der Waals surface area contributed by atoms with Crippen LogP contribution in [0.5, 0.6) is 0 Å². The van der Waals surface area contributed by atoms with E-state index in [9.17, 15) is 4.79 Å². The summed E-state index contributed by atoms with van der Waals surface area (Å²) >= 11 is 0. The summed E-state index contributed by atoms with van der Waals surface area (Å²) in [5.74, 6) is 0.342. The third kappa shape index (κ3) is 2.66. The van der Waals surface area contributed by atoms with Crippen molar-refractivity contribution < 1.29 is 14.4 Å². The molecule has 0 unspecified atom stereocenters. The highest BCUT2D eigenvalue weighted by Crippen LogP contribution is 2.32. The fraction of sp³-hybridized carbons (Fsp3) is 0.667. The van der Waals surface area contributed by atoms with E-state index >= 15 is 0 Å². The van der Waals surface area contributed by atoms with Crippen LogP contribution in [0.3, 0.4) is 0 Å². The van der Waals surface area contributed by atoms with Crippen LogP contribution in [0.1, 0.15) is 50.1 Å². The Kier molecular flexibility index (Phi) is 3.47. The van der Waals surface area contributed by atoms with Gasteiger partial charge in [-0.25, -0.2) is 0 Å². The number of likely N-dealkylation sites (tertiary alicyclic amines) is 1. The Morgan fingerprint density at radius 1 is 1.71 bits per heavy atom. The summed E-state index contributed by atoms with van der Waals surface area (Å²) in [7, 11) is 0. The van der Waals surface area contributed by atoms with Crippen LogP contribution in [0.15, 0.2) is 10.6 Å². The molecule has 2 heterocycles. The molecule has 5 heteroatoms. The predicted molar refractivity (Wildman–Crippen MR) is 61.8 cm³/mol. The number of carboxylic acids is 1. The van der Waals surface area contributed by atoms with E-state index in [1.54, 1.807) is 0 Å². The van der Waals surface area contributed by atoms with Gasteiger partial charge in [-0.2, -0.15) is 0 Å². The SMILES string of the molecule is CC(C)c1cc([C@@H]2CCCN2CC(=O)O)on1. The van der Waals surface area contributed by atoms with Crippen molar-refractivity contribution in [2.75, 3.05) is 13.1 Å². The zero-order valence-corrected chi connectivity index (χ0v) is 10.2. The minimum absolute atomic E-state index is 0.0718. The zero-order valence-electron chi connectivity index (χ0n) is 10.2. The molecule has 1 N–H and O–H groups in total. The van der Waals surface area contributed by atoms with Crippen molar-refractivity contribution in [3.63, 3.8) is 0 Å². The topological polar surface area (TPSA) is 66.6 Å². The number of carbonyl (C=O) groups is 1. The predicted octanol–water partition coefficient (Wildman–Crippen LogP) is 2.02. The van der Waals surface area contributed by atoms with E-state index in [0.29, 0.717) is 5.92 Å². The maximum atomic E-state index is 10.8. The largest absolute Gasteiger partial charge is 0.480 e. The summed E-state index contributed by atoms with van der Waals surface area (Å²) in [6, 6.07) is 2.03. The highest BCUT2D eigenvalue weighted by molar-refractivity contribution is 5.69. The van der Waals surface area contributed by atoms with Crippen LogP contribution in [0, 0.1) is 0 Å². The molecule has 1 saturated heterocycles. The van der Waals surface area contributed by atoms with Gasteiger partial charge in [-0.15, -0.1) is 0 Å². The number of hydrogen-bond donors (Lipinski definition) is 1. The first-order valence-electron chi connectivity index (χ1n) is 6.00. The molecule has 1 fully saturated rings. The first kappa shape index (κ1) is 12.1. The molecule has 0 radical (unpaired) electrons. The van der Waals surface area contributed by atoms with Crippen molar-refractivity contribution in [2.45, 2.75) is 38.6 Å². The number of aromatic nitrogens is 1. The number of nitrogens with zero attached hydrogens (tertiary/aromatic N) is 2. The molecular weight excluding hydrogens is 220 g/mol. The second-order valence-corrected chi connectivity index (χ2v) is 4.83. The van der Waals surface area contributed by atoms with E-state index in [1.165, 1.54) is 0 Å². The van der Waals surface area contributed by atoms with Gasteiger partial charge in [-0.3, -0.25) is 9.69 Å². The van der Waals surface area contributed by atoms with Gasteiger partial charge in [0.1, 0.15) is 0 Å². The van der Waals surface area contributed by atoms with Crippen LogP contribution >= 0.6 is 0 Å². The molecule has 1 aromatic rings.